The van der Waals surface area contributed by atoms with Gasteiger partial charge < -0.3 is 5.73 Å². The van der Waals surface area contributed by atoms with Crippen molar-refractivity contribution >= 4 is 27.4 Å². The molecule has 3 aromatic rings. The molecule has 0 spiro atoms. The van der Waals surface area contributed by atoms with Gasteiger partial charge in [-0.15, -0.1) is 0 Å². The summed E-state index contributed by atoms with van der Waals surface area (Å²) in [4.78, 5) is 15.0. The Hall–Kier alpha value is -3.24. The topological polar surface area (TPSA) is 106 Å². The second-order valence-corrected chi connectivity index (χ2v) is 6.12. The number of para-hydroxylation sites is 1. The summed E-state index contributed by atoms with van der Waals surface area (Å²) in [6, 6.07) is 17.4. The van der Waals surface area contributed by atoms with Gasteiger partial charge in [-0.3, -0.25) is 10.1 Å². The summed E-state index contributed by atoms with van der Waals surface area (Å²) in [6.07, 6.45) is 0. The van der Waals surface area contributed by atoms with E-state index >= 15 is 0 Å². The molecule has 0 fully saturated rings. The molecule has 122 valence electrons. The molecule has 7 heteroatoms. The van der Waals surface area contributed by atoms with Gasteiger partial charge in [0, 0.05) is 16.1 Å². The van der Waals surface area contributed by atoms with E-state index in [4.69, 9.17) is 5.73 Å². The normalized spacial score (nSPS) is 10.2. The van der Waals surface area contributed by atoms with E-state index in [1.54, 1.807) is 24.3 Å². The second-order valence-electron chi connectivity index (χ2n) is 5.21. The van der Waals surface area contributed by atoms with Gasteiger partial charge in [-0.25, -0.2) is 4.98 Å². The van der Waals surface area contributed by atoms with Crippen LogP contribution in [0.1, 0.15) is 5.56 Å². The zero-order valence-electron chi connectivity index (χ0n) is 12.8. The van der Waals surface area contributed by atoms with Gasteiger partial charge in [0.25, 0.3) is 5.69 Å². The van der Waals surface area contributed by atoms with Crippen molar-refractivity contribution in [2.24, 2.45) is 0 Å². The molecule has 2 N–H and O–H groups in total. The fourth-order valence-corrected chi connectivity index (χ4v) is 2.79. The van der Waals surface area contributed by atoms with Crippen LogP contribution in [0, 0.1) is 21.4 Å². The Balaban J connectivity index is 2.27. The van der Waals surface area contributed by atoms with Crippen molar-refractivity contribution in [1.29, 1.82) is 5.26 Å². The predicted molar refractivity (Wildman–Crippen MR) is 98.6 cm³/mol. The smallest absolute Gasteiger partial charge is 0.278 e. The number of nitrogens with zero attached hydrogens (tertiary/aromatic N) is 3. The van der Waals surface area contributed by atoms with Crippen molar-refractivity contribution in [1.82, 2.24) is 4.98 Å². The van der Waals surface area contributed by atoms with Gasteiger partial charge in [-0.05, 0) is 29.8 Å². The number of anilines is 1. The van der Waals surface area contributed by atoms with Gasteiger partial charge in [-0.2, -0.15) is 5.26 Å². The number of halogens is 1. The first-order valence-corrected chi connectivity index (χ1v) is 8.01. The van der Waals surface area contributed by atoms with Crippen LogP contribution in [0.15, 0.2) is 59.1 Å². The van der Waals surface area contributed by atoms with E-state index in [2.05, 4.69) is 27.0 Å². The maximum Gasteiger partial charge on any atom is 0.278 e. The van der Waals surface area contributed by atoms with Crippen molar-refractivity contribution in [3.63, 3.8) is 0 Å². The number of hydrogen-bond donors (Lipinski definition) is 1. The van der Waals surface area contributed by atoms with E-state index in [0.717, 1.165) is 10.0 Å². The average molecular weight is 395 g/mol. The molecule has 1 heterocycles. The van der Waals surface area contributed by atoms with Gasteiger partial charge in [0.2, 0.25) is 0 Å². The summed E-state index contributed by atoms with van der Waals surface area (Å²) in [5.74, 6) is 0.0380. The van der Waals surface area contributed by atoms with Crippen LogP contribution in [0.2, 0.25) is 0 Å². The lowest BCUT2D eigenvalue weighted by Crippen LogP contribution is -2.01. The average Bonchev–Trinajstić information content (AvgIpc) is 2.61. The zero-order valence-corrected chi connectivity index (χ0v) is 14.4. The number of nitriles is 1. The number of nitro benzene ring substituents is 1. The largest absolute Gasteiger partial charge is 0.383 e. The van der Waals surface area contributed by atoms with E-state index in [1.165, 1.54) is 6.07 Å². The van der Waals surface area contributed by atoms with Crippen molar-refractivity contribution in [2.45, 2.75) is 0 Å². The molecule has 1 aromatic heterocycles. The maximum atomic E-state index is 11.3. The first-order valence-electron chi connectivity index (χ1n) is 7.21. The molecule has 0 radical (unpaired) electrons. The Labute approximate surface area is 151 Å². The van der Waals surface area contributed by atoms with Crippen molar-refractivity contribution in [2.75, 3.05) is 5.73 Å². The number of aromatic nitrogens is 1. The molecule has 0 aliphatic carbocycles. The number of benzene rings is 2. The van der Waals surface area contributed by atoms with E-state index < -0.39 is 4.92 Å². The van der Waals surface area contributed by atoms with Crippen molar-refractivity contribution < 1.29 is 4.92 Å². The van der Waals surface area contributed by atoms with E-state index in [9.17, 15) is 15.4 Å². The standard InChI is InChI=1S/C18H11BrN4O2/c19-12-7-5-11(6-8-12)14-9-16(22-18(21)15(14)10-20)13-3-1-2-4-17(13)23(24)25/h1-9H,(H2,21,22). The molecule has 2 aromatic carbocycles. The summed E-state index contributed by atoms with van der Waals surface area (Å²) < 4.78 is 0.899. The molecule has 3 rings (SSSR count). The molecule has 0 aliphatic heterocycles. The van der Waals surface area contributed by atoms with Gasteiger partial charge in [0.1, 0.15) is 17.5 Å². The van der Waals surface area contributed by atoms with Gasteiger partial charge in [0.05, 0.1) is 16.2 Å². The molecule has 25 heavy (non-hydrogen) atoms. The number of nitrogen functional groups attached to an aromatic ring is 1. The summed E-state index contributed by atoms with van der Waals surface area (Å²) in [6.45, 7) is 0. The molecule has 0 aliphatic rings. The number of pyridine rings is 1. The third-order valence-corrected chi connectivity index (χ3v) is 4.22. The maximum absolute atomic E-state index is 11.3. The van der Waals surface area contributed by atoms with E-state index in [-0.39, 0.29) is 17.1 Å². The summed E-state index contributed by atoms with van der Waals surface area (Å²) in [7, 11) is 0. The molecule has 0 unspecified atom stereocenters. The van der Waals surface area contributed by atoms with Gasteiger partial charge in [0.15, 0.2) is 0 Å². The third-order valence-electron chi connectivity index (χ3n) is 3.69. The zero-order chi connectivity index (χ0) is 18.0. The third kappa shape index (κ3) is 3.20. The minimum atomic E-state index is -0.468. The summed E-state index contributed by atoms with van der Waals surface area (Å²) >= 11 is 3.37. The minimum Gasteiger partial charge on any atom is -0.383 e. The quantitative estimate of drug-likeness (QED) is 0.518. The SMILES string of the molecule is N#Cc1c(-c2ccc(Br)cc2)cc(-c2ccccc2[N+](=O)[O-])nc1N. The van der Waals surface area contributed by atoms with Crippen LogP contribution in [0.3, 0.4) is 0 Å². The van der Waals surface area contributed by atoms with Crippen LogP contribution in [-0.2, 0) is 0 Å². The number of hydrogen-bond acceptors (Lipinski definition) is 5. The Bertz CT molecular complexity index is 1010. The van der Waals surface area contributed by atoms with Crippen LogP contribution in [0.25, 0.3) is 22.4 Å². The van der Waals surface area contributed by atoms with Gasteiger partial charge in [-0.1, -0.05) is 40.2 Å². The second kappa shape index (κ2) is 6.71. The Kier molecular flexibility index (Phi) is 4.46. The Morgan fingerprint density at radius 2 is 1.80 bits per heavy atom. The summed E-state index contributed by atoms with van der Waals surface area (Å²) in [5.41, 5.74) is 8.17. The Morgan fingerprint density at radius 3 is 2.44 bits per heavy atom. The molecular formula is C18H11BrN4O2. The highest BCUT2D eigenvalue weighted by molar-refractivity contribution is 9.10. The summed E-state index contributed by atoms with van der Waals surface area (Å²) in [5, 5.41) is 20.7. The van der Waals surface area contributed by atoms with Gasteiger partial charge >= 0.3 is 0 Å². The first-order chi connectivity index (χ1) is 12.0. The van der Waals surface area contributed by atoms with Crippen molar-refractivity contribution in [3.05, 3.63) is 74.7 Å². The minimum absolute atomic E-state index is 0.0380. The van der Waals surface area contributed by atoms with Crippen molar-refractivity contribution in [3.8, 4) is 28.5 Å². The molecule has 0 bridgehead atoms. The molecule has 0 amide bonds. The van der Waals surface area contributed by atoms with E-state index in [0.29, 0.717) is 16.8 Å². The fourth-order valence-electron chi connectivity index (χ4n) is 2.53. The Morgan fingerprint density at radius 1 is 1.12 bits per heavy atom. The van der Waals surface area contributed by atoms with Crippen LogP contribution >= 0.6 is 15.9 Å². The van der Waals surface area contributed by atoms with Crippen LogP contribution in [-0.4, -0.2) is 9.91 Å². The molecule has 6 nitrogen and oxygen atoms in total. The highest BCUT2D eigenvalue weighted by atomic mass is 79.9. The lowest BCUT2D eigenvalue weighted by Gasteiger charge is -2.10. The van der Waals surface area contributed by atoms with Crippen LogP contribution in [0.5, 0.6) is 0 Å². The van der Waals surface area contributed by atoms with Crippen LogP contribution in [0.4, 0.5) is 11.5 Å². The lowest BCUT2D eigenvalue weighted by molar-refractivity contribution is -0.384. The molecule has 0 atom stereocenters. The fraction of sp³-hybridized carbons (Fsp3) is 0. The van der Waals surface area contributed by atoms with Crippen LogP contribution < -0.4 is 5.73 Å². The predicted octanol–water partition coefficient (Wildman–Crippen LogP) is 4.54. The lowest BCUT2D eigenvalue weighted by atomic mass is 9.98. The molecule has 0 saturated carbocycles. The molecule has 0 saturated heterocycles. The number of rotatable bonds is 3. The highest BCUT2D eigenvalue weighted by Crippen LogP contribution is 2.35. The highest BCUT2D eigenvalue weighted by Gasteiger charge is 2.19. The monoisotopic (exact) mass is 394 g/mol. The number of nitro groups is 1. The number of nitrogens with two attached hydrogens (primary N) is 1. The molecular weight excluding hydrogens is 384 g/mol. The first kappa shape index (κ1) is 16.6. The van der Waals surface area contributed by atoms with E-state index in [1.807, 2.05) is 24.3 Å².